The molecule has 5 nitrogen and oxygen atoms in total. The molecule has 1 aliphatic heterocycles. The fraction of sp³-hybridized carbons (Fsp3) is 0.833. The molecule has 0 radical (unpaired) electrons. The zero-order valence-electron chi connectivity index (χ0n) is 10.9. The highest BCUT2D eigenvalue weighted by Gasteiger charge is 2.26. The molecule has 1 fully saturated rings. The summed E-state index contributed by atoms with van der Waals surface area (Å²) in [4.78, 5) is 25.4. The Morgan fingerprint density at radius 2 is 1.71 bits per heavy atom. The van der Waals surface area contributed by atoms with Crippen LogP contribution >= 0.6 is 0 Å². The number of nitrogens with one attached hydrogen (secondary N) is 1. The molecule has 0 spiro atoms. The maximum atomic E-state index is 11.9. The van der Waals surface area contributed by atoms with E-state index < -0.39 is 12.1 Å². The van der Waals surface area contributed by atoms with E-state index >= 15 is 0 Å². The van der Waals surface area contributed by atoms with Gasteiger partial charge in [0.15, 0.2) is 0 Å². The van der Waals surface area contributed by atoms with Crippen LogP contribution in [0.25, 0.3) is 0 Å². The molecule has 0 saturated carbocycles. The molecule has 2 amide bonds. The topological polar surface area (TPSA) is 75.4 Å². The monoisotopic (exact) mass is 241 g/mol. The number of amides is 2. The Balaban J connectivity index is 2.45. The van der Waals surface area contributed by atoms with Gasteiger partial charge in [-0.25, -0.2) is 0 Å². The van der Waals surface area contributed by atoms with Gasteiger partial charge in [0.25, 0.3) is 0 Å². The van der Waals surface area contributed by atoms with Crippen LogP contribution in [0, 0.1) is 5.92 Å². The van der Waals surface area contributed by atoms with Crippen LogP contribution in [0.4, 0.5) is 0 Å². The largest absolute Gasteiger partial charge is 0.343 e. The van der Waals surface area contributed by atoms with E-state index in [4.69, 9.17) is 5.73 Å². The van der Waals surface area contributed by atoms with Gasteiger partial charge in [-0.1, -0.05) is 13.8 Å². The second kappa shape index (κ2) is 6.00. The van der Waals surface area contributed by atoms with Crippen molar-refractivity contribution in [3.63, 3.8) is 0 Å². The number of hydrogen-bond donors (Lipinski definition) is 2. The van der Waals surface area contributed by atoms with E-state index in [9.17, 15) is 9.59 Å². The number of nitrogens with two attached hydrogens (primary N) is 1. The smallest absolute Gasteiger partial charge is 0.244 e. The first-order valence-corrected chi connectivity index (χ1v) is 6.28. The molecule has 17 heavy (non-hydrogen) atoms. The predicted molar refractivity (Wildman–Crippen MR) is 66.2 cm³/mol. The van der Waals surface area contributed by atoms with Crippen LogP contribution < -0.4 is 11.1 Å². The van der Waals surface area contributed by atoms with Crippen LogP contribution in [0.1, 0.15) is 33.6 Å². The summed E-state index contributed by atoms with van der Waals surface area (Å²) in [6.07, 6.45) is 2.11. The first-order valence-electron chi connectivity index (χ1n) is 6.28. The average Bonchev–Trinajstić information content (AvgIpc) is 2.79. The first-order chi connectivity index (χ1) is 7.93. The second-order valence-corrected chi connectivity index (χ2v) is 5.03. The van der Waals surface area contributed by atoms with E-state index in [1.807, 2.05) is 13.8 Å². The fourth-order valence-electron chi connectivity index (χ4n) is 1.89. The van der Waals surface area contributed by atoms with Crippen molar-refractivity contribution in [2.24, 2.45) is 11.7 Å². The van der Waals surface area contributed by atoms with Gasteiger partial charge >= 0.3 is 0 Å². The third kappa shape index (κ3) is 3.70. The van der Waals surface area contributed by atoms with Crippen molar-refractivity contribution in [1.82, 2.24) is 10.2 Å². The summed E-state index contributed by atoms with van der Waals surface area (Å²) in [5.74, 6) is -0.184. The average molecular weight is 241 g/mol. The fourth-order valence-corrected chi connectivity index (χ4v) is 1.89. The van der Waals surface area contributed by atoms with E-state index in [0.717, 1.165) is 25.9 Å². The molecule has 1 aliphatic rings. The summed E-state index contributed by atoms with van der Waals surface area (Å²) in [6.45, 7) is 7.09. The van der Waals surface area contributed by atoms with Gasteiger partial charge in [-0.15, -0.1) is 0 Å². The third-order valence-electron chi connectivity index (χ3n) is 3.17. The Hall–Kier alpha value is -1.10. The summed E-state index contributed by atoms with van der Waals surface area (Å²) in [6, 6.07) is -1.03. The lowest BCUT2D eigenvalue weighted by atomic mass is 10.0. The zero-order valence-corrected chi connectivity index (χ0v) is 10.9. The van der Waals surface area contributed by atoms with E-state index in [1.54, 1.807) is 11.8 Å². The van der Waals surface area contributed by atoms with E-state index in [0.29, 0.717) is 0 Å². The Morgan fingerprint density at radius 3 is 2.18 bits per heavy atom. The van der Waals surface area contributed by atoms with Gasteiger partial charge in [0, 0.05) is 13.1 Å². The lowest BCUT2D eigenvalue weighted by molar-refractivity contribution is -0.135. The Bertz CT molecular complexity index is 285. The quantitative estimate of drug-likeness (QED) is 0.733. The van der Waals surface area contributed by atoms with Gasteiger partial charge in [0.2, 0.25) is 11.8 Å². The highest BCUT2D eigenvalue weighted by molar-refractivity contribution is 5.89. The molecule has 0 bridgehead atoms. The maximum absolute atomic E-state index is 11.9. The minimum Gasteiger partial charge on any atom is -0.343 e. The van der Waals surface area contributed by atoms with Crippen molar-refractivity contribution in [2.45, 2.75) is 45.7 Å². The Morgan fingerprint density at radius 1 is 1.18 bits per heavy atom. The predicted octanol–water partition coefficient (Wildman–Crippen LogP) is 0.0968. The molecular weight excluding hydrogens is 218 g/mol. The molecule has 0 aromatic rings. The Kier molecular flexibility index (Phi) is 4.93. The van der Waals surface area contributed by atoms with Gasteiger partial charge in [0.05, 0.1) is 6.04 Å². The lowest BCUT2D eigenvalue weighted by Crippen LogP contribution is -2.52. The molecule has 0 aromatic carbocycles. The normalized spacial score (nSPS) is 19.2. The SMILES string of the molecule is CC(NC(=O)[C@H](N)C(C)C)C(=O)N1CCCC1. The molecule has 1 saturated heterocycles. The van der Waals surface area contributed by atoms with Gasteiger partial charge in [0.1, 0.15) is 6.04 Å². The molecule has 2 atom stereocenters. The molecule has 1 rings (SSSR count). The summed E-state index contributed by atoms with van der Waals surface area (Å²) in [5.41, 5.74) is 5.72. The molecule has 0 aromatic heterocycles. The van der Waals surface area contributed by atoms with Crippen molar-refractivity contribution in [1.29, 1.82) is 0 Å². The number of carbonyl (C=O) groups excluding carboxylic acids is 2. The molecule has 1 heterocycles. The van der Waals surface area contributed by atoms with E-state index in [-0.39, 0.29) is 17.7 Å². The number of likely N-dealkylation sites (tertiary alicyclic amines) is 1. The lowest BCUT2D eigenvalue weighted by Gasteiger charge is -2.23. The molecule has 3 N–H and O–H groups in total. The summed E-state index contributed by atoms with van der Waals surface area (Å²) < 4.78 is 0. The molecule has 5 heteroatoms. The zero-order chi connectivity index (χ0) is 13.0. The van der Waals surface area contributed by atoms with Crippen molar-refractivity contribution >= 4 is 11.8 Å². The van der Waals surface area contributed by atoms with Gasteiger partial charge < -0.3 is 16.0 Å². The third-order valence-corrected chi connectivity index (χ3v) is 3.17. The van der Waals surface area contributed by atoms with Crippen LogP contribution in [0.5, 0.6) is 0 Å². The van der Waals surface area contributed by atoms with Crippen LogP contribution in [-0.4, -0.2) is 41.9 Å². The highest BCUT2D eigenvalue weighted by atomic mass is 16.2. The molecule has 98 valence electrons. The van der Waals surface area contributed by atoms with Crippen molar-refractivity contribution in [2.75, 3.05) is 13.1 Å². The van der Waals surface area contributed by atoms with E-state index in [2.05, 4.69) is 5.32 Å². The van der Waals surface area contributed by atoms with Crippen molar-refractivity contribution in [3.8, 4) is 0 Å². The van der Waals surface area contributed by atoms with Gasteiger partial charge in [-0.3, -0.25) is 9.59 Å². The van der Waals surface area contributed by atoms with E-state index in [1.165, 1.54) is 0 Å². The summed E-state index contributed by atoms with van der Waals surface area (Å²) >= 11 is 0. The van der Waals surface area contributed by atoms with Crippen molar-refractivity contribution < 1.29 is 9.59 Å². The molecule has 0 aliphatic carbocycles. The van der Waals surface area contributed by atoms with Gasteiger partial charge in [-0.05, 0) is 25.7 Å². The first kappa shape index (κ1) is 14.0. The highest BCUT2D eigenvalue weighted by Crippen LogP contribution is 2.09. The Labute approximate surface area is 103 Å². The summed E-state index contributed by atoms with van der Waals surface area (Å²) in [5, 5.41) is 2.68. The molecule has 1 unspecified atom stereocenters. The van der Waals surface area contributed by atoms with Crippen LogP contribution in [0.2, 0.25) is 0 Å². The number of hydrogen-bond acceptors (Lipinski definition) is 3. The van der Waals surface area contributed by atoms with Crippen LogP contribution in [-0.2, 0) is 9.59 Å². The summed E-state index contributed by atoms with van der Waals surface area (Å²) in [7, 11) is 0. The standard InChI is InChI=1S/C12H23N3O2/c1-8(2)10(13)11(16)14-9(3)12(17)15-6-4-5-7-15/h8-10H,4-7,13H2,1-3H3,(H,14,16)/t9?,10-/m1/s1. The van der Waals surface area contributed by atoms with Crippen LogP contribution in [0.15, 0.2) is 0 Å². The minimum absolute atomic E-state index is 0.00759. The number of rotatable bonds is 4. The minimum atomic E-state index is -0.552. The second-order valence-electron chi connectivity index (χ2n) is 5.03. The molecular formula is C12H23N3O2. The maximum Gasteiger partial charge on any atom is 0.244 e. The van der Waals surface area contributed by atoms with Gasteiger partial charge in [-0.2, -0.15) is 0 Å². The van der Waals surface area contributed by atoms with Crippen LogP contribution in [0.3, 0.4) is 0 Å². The number of carbonyl (C=O) groups is 2. The van der Waals surface area contributed by atoms with Crippen molar-refractivity contribution in [3.05, 3.63) is 0 Å². The number of nitrogens with zero attached hydrogens (tertiary/aromatic N) is 1.